The number of phenols is 1. The van der Waals surface area contributed by atoms with Gasteiger partial charge >= 0.3 is 0 Å². The number of ether oxygens (including phenoxy) is 3. The average Bonchev–Trinajstić information content (AvgIpc) is 3.22. The quantitative estimate of drug-likeness (QED) is 0.820. The SMILES string of the molecule is C=C1c2ccc3c(c2C[C@@]12c1cc(OC)c(O)cc1CC[NH+]2C)OCO3. The first kappa shape index (κ1) is 15.6. The van der Waals surface area contributed by atoms with E-state index < -0.39 is 0 Å². The summed E-state index contributed by atoms with van der Waals surface area (Å²) >= 11 is 0. The lowest BCUT2D eigenvalue weighted by atomic mass is 9.76. The van der Waals surface area contributed by atoms with Gasteiger partial charge in [0.15, 0.2) is 28.5 Å². The van der Waals surface area contributed by atoms with Gasteiger partial charge in [0.1, 0.15) is 0 Å². The van der Waals surface area contributed by atoms with Crippen LogP contribution in [-0.2, 0) is 18.4 Å². The fourth-order valence-electron chi connectivity index (χ4n) is 4.90. The highest BCUT2D eigenvalue weighted by atomic mass is 16.7. The summed E-state index contributed by atoms with van der Waals surface area (Å²) in [4.78, 5) is 1.40. The van der Waals surface area contributed by atoms with Crippen molar-refractivity contribution < 1.29 is 24.2 Å². The number of hydrogen-bond acceptors (Lipinski definition) is 4. The zero-order valence-corrected chi connectivity index (χ0v) is 15.0. The van der Waals surface area contributed by atoms with E-state index in [1.54, 1.807) is 7.11 Å². The van der Waals surface area contributed by atoms with E-state index in [1.807, 2.05) is 18.2 Å². The van der Waals surface area contributed by atoms with Crippen molar-refractivity contribution in [3.63, 3.8) is 0 Å². The molecule has 0 radical (unpaired) electrons. The van der Waals surface area contributed by atoms with Crippen molar-refractivity contribution in [3.05, 3.63) is 53.1 Å². The Morgan fingerprint density at radius 1 is 1.27 bits per heavy atom. The van der Waals surface area contributed by atoms with Crippen molar-refractivity contribution >= 4 is 5.57 Å². The van der Waals surface area contributed by atoms with E-state index in [0.29, 0.717) is 5.75 Å². The Labute approximate surface area is 152 Å². The van der Waals surface area contributed by atoms with Crippen molar-refractivity contribution in [2.24, 2.45) is 0 Å². The van der Waals surface area contributed by atoms with Gasteiger partial charge in [-0.2, -0.15) is 0 Å². The summed E-state index contributed by atoms with van der Waals surface area (Å²) in [7, 11) is 3.81. The maximum absolute atomic E-state index is 10.2. The molecule has 2 heterocycles. The Morgan fingerprint density at radius 3 is 2.92 bits per heavy atom. The molecule has 2 aromatic carbocycles. The fourth-order valence-corrected chi connectivity index (χ4v) is 4.90. The molecule has 0 saturated carbocycles. The van der Waals surface area contributed by atoms with Crippen molar-refractivity contribution in [1.82, 2.24) is 0 Å². The maximum atomic E-state index is 10.2. The lowest BCUT2D eigenvalue weighted by molar-refractivity contribution is -0.933. The van der Waals surface area contributed by atoms with E-state index in [2.05, 4.69) is 19.7 Å². The molecule has 5 nitrogen and oxygen atoms in total. The van der Waals surface area contributed by atoms with Crippen LogP contribution in [0.15, 0.2) is 30.8 Å². The molecule has 0 fully saturated rings. The minimum atomic E-state index is -0.280. The van der Waals surface area contributed by atoms with Gasteiger partial charge in [0, 0.05) is 29.5 Å². The van der Waals surface area contributed by atoms with Crippen LogP contribution in [-0.4, -0.2) is 32.6 Å². The van der Waals surface area contributed by atoms with Gasteiger partial charge in [0.2, 0.25) is 6.79 Å². The van der Waals surface area contributed by atoms with Crippen LogP contribution in [0.25, 0.3) is 5.57 Å². The van der Waals surface area contributed by atoms with Gasteiger partial charge in [-0.1, -0.05) is 12.6 Å². The summed E-state index contributed by atoms with van der Waals surface area (Å²) in [6.45, 7) is 5.75. The summed E-state index contributed by atoms with van der Waals surface area (Å²) < 4.78 is 16.7. The highest BCUT2D eigenvalue weighted by molar-refractivity contribution is 5.83. The third-order valence-corrected chi connectivity index (χ3v) is 6.29. The monoisotopic (exact) mass is 352 g/mol. The molecule has 26 heavy (non-hydrogen) atoms. The minimum Gasteiger partial charge on any atom is -0.504 e. The van der Waals surface area contributed by atoms with Crippen LogP contribution < -0.4 is 19.1 Å². The molecular weight excluding hydrogens is 330 g/mol. The van der Waals surface area contributed by atoms with E-state index in [4.69, 9.17) is 14.2 Å². The van der Waals surface area contributed by atoms with Crippen LogP contribution in [0.1, 0.15) is 22.3 Å². The van der Waals surface area contributed by atoms with Crippen molar-refractivity contribution in [2.75, 3.05) is 27.5 Å². The van der Waals surface area contributed by atoms with E-state index in [-0.39, 0.29) is 18.1 Å². The zero-order valence-electron chi connectivity index (χ0n) is 15.0. The molecule has 0 aromatic heterocycles. The second-order valence-corrected chi connectivity index (χ2v) is 7.35. The van der Waals surface area contributed by atoms with Crippen LogP contribution >= 0.6 is 0 Å². The predicted octanol–water partition coefficient (Wildman–Crippen LogP) is 1.67. The summed E-state index contributed by atoms with van der Waals surface area (Å²) in [6.07, 6.45) is 1.72. The molecule has 5 heteroatoms. The van der Waals surface area contributed by atoms with Crippen LogP contribution in [0.5, 0.6) is 23.0 Å². The highest BCUT2D eigenvalue weighted by Gasteiger charge is 2.53. The van der Waals surface area contributed by atoms with Gasteiger partial charge in [-0.05, 0) is 29.3 Å². The summed E-state index contributed by atoms with van der Waals surface area (Å²) in [5, 5.41) is 10.2. The topological polar surface area (TPSA) is 52.4 Å². The lowest BCUT2D eigenvalue weighted by Gasteiger charge is -2.42. The molecule has 2 aromatic rings. The number of fused-ring (bicyclic) bond motifs is 5. The van der Waals surface area contributed by atoms with Crippen LogP contribution in [0.4, 0.5) is 0 Å². The molecule has 2 atom stereocenters. The van der Waals surface area contributed by atoms with Gasteiger partial charge in [-0.25, -0.2) is 0 Å². The Balaban J connectivity index is 1.74. The summed E-state index contributed by atoms with van der Waals surface area (Å²) in [5.74, 6) is 2.36. The smallest absolute Gasteiger partial charge is 0.231 e. The number of rotatable bonds is 1. The van der Waals surface area contributed by atoms with Crippen molar-refractivity contribution in [2.45, 2.75) is 18.4 Å². The molecule has 0 bridgehead atoms. The molecule has 1 unspecified atom stereocenters. The Kier molecular flexibility index (Phi) is 3.10. The van der Waals surface area contributed by atoms with E-state index in [0.717, 1.165) is 47.6 Å². The van der Waals surface area contributed by atoms with Gasteiger partial charge in [0.05, 0.1) is 20.7 Å². The number of quaternary nitrogens is 1. The Morgan fingerprint density at radius 2 is 2.12 bits per heavy atom. The second kappa shape index (κ2) is 5.17. The van der Waals surface area contributed by atoms with Crippen LogP contribution in [0, 0.1) is 0 Å². The summed E-state index contributed by atoms with van der Waals surface area (Å²) in [5.41, 5.74) is 5.48. The molecule has 134 valence electrons. The fraction of sp³-hybridized carbons (Fsp3) is 0.333. The maximum Gasteiger partial charge on any atom is 0.231 e. The van der Waals surface area contributed by atoms with E-state index in [1.165, 1.54) is 16.0 Å². The molecule has 0 saturated heterocycles. The third kappa shape index (κ3) is 1.78. The van der Waals surface area contributed by atoms with Crippen LogP contribution in [0.3, 0.4) is 0 Å². The first-order chi connectivity index (χ1) is 12.6. The van der Waals surface area contributed by atoms with Gasteiger partial charge in [-0.3, -0.25) is 0 Å². The number of nitrogens with one attached hydrogen (secondary N) is 1. The zero-order chi connectivity index (χ0) is 18.1. The van der Waals surface area contributed by atoms with Gasteiger partial charge in [-0.15, -0.1) is 0 Å². The molecule has 2 aliphatic heterocycles. The van der Waals surface area contributed by atoms with E-state index in [9.17, 15) is 5.11 Å². The number of hydrogen-bond donors (Lipinski definition) is 2. The number of likely N-dealkylation sites (N-methyl/N-ethyl adjacent to an activating group) is 1. The third-order valence-electron chi connectivity index (χ3n) is 6.29. The molecule has 1 spiro atoms. The van der Waals surface area contributed by atoms with Gasteiger partial charge in [0.25, 0.3) is 0 Å². The first-order valence-corrected chi connectivity index (χ1v) is 8.90. The average molecular weight is 352 g/mol. The van der Waals surface area contributed by atoms with Crippen molar-refractivity contribution in [3.8, 4) is 23.0 Å². The molecule has 0 amide bonds. The lowest BCUT2D eigenvalue weighted by Crippen LogP contribution is -3.17. The van der Waals surface area contributed by atoms with Crippen molar-refractivity contribution in [1.29, 1.82) is 0 Å². The normalized spacial score (nSPS) is 25.3. The van der Waals surface area contributed by atoms with E-state index >= 15 is 0 Å². The molecule has 5 rings (SSSR count). The van der Waals surface area contributed by atoms with Gasteiger partial charge < -0.3 is 24.2 Å². The predicted molar refractivity (Wildman–Crippen MR) is 97.1 cm³/mol. The number of methoxy groups -OCH3 is 1. The first-order valence-electron chi connectivity index (χ1n) is 8.90. The molecule has 2 N–H and O–H groups in total. The minimum absolute atomic E-state index is 0.194. The highest BCUT2D eigenvalue weighted by Crippen LogP contribution is 2.52. The number of benzene rings is 2. The molecule has 1 aliphatic carbocycles. The summed E-state index contributed by atoms with van der Waals surface area (Å²) in [6, 6.07) is 7.91. The number of aromatic hydroxyl groups is 1. The second-order valence-electron chi connectivity index (χ2n) is 7.35. The molecule has 3 aliphatic rings. The Bertz CT molecular complexity index is 952. The standard InChI is InChI=1S/C21H21NO4/c1-12-14-4-5-18-20(26-11-25-18)15(14)10-21(12)16-9-19(24-3)17(23)8-13(16)6-7-22(21)2/h4-5,8-9,23H,1,6-7,10-11H2,2-3H3/p+1/t21-/m0/s1. The molecular formula is C21H22NO4+. The van der Waals surface area contributed by atoms with Crippen LogP contribution in [0.2, 0.25) is 0 Å². The Hall–Kier alpha value is -2.66. The number of phenolic OH excluding ortho intramolecular Hbond substituents is 1. The largest absolute Gasteiger partial charge is 0.504 e.